The molecule has 1 atom stereocenters. The van der Waals surface area contributed by atoms with Gasteiger partial charge in [-0.25, -0.2) is 9.35 Å². The zero-order valence-electron chi connectivity index (χ0n) is 4.29. The molecule has 0 rings (SSSR count). The first-order chi connectivity index (χ1) is 4.19. The summed E-state index contributed by atoms with van der Waals surface area (Å²) in [5.74, 6) is 0. The molecule has 10 heavy (non-hydrogen) atoms. The zero-order valence-corrected chi connectivity index (χ0v) is 6.74. The van der Waals surface area contributed by atoms with Crippen molar-refractivity contribution in [1.29, 1.82) is 0 Å². The fraction of sp³-hybridized carbons (Fsp3) is 0. The molecule has 0 spiro atoms. The number of hydrogen-bond acceptors (Lipinski definition) is 5. The summed E-state index contributed by atoms with van der Waals surface area (Å²) in [7, 11) is -13.6. The van der Waals surface area contributed by atoms with Crippen LogP contribution in [0.3, 0.4) is 0 Å². The van der Waals surface area contributed by atoms with E-state index in [0.717, 1.165) is 0 Å². The highest BCUT2D eigenvalue weighted by Gasteiger charge is 2.31. The second-order valence-corrected chi connectivity index (χ2v) is 8.87. The van der Waals surface area contributed by atoms with Crippen LogP contribution >= 0.6 is 0 Å². The smallest absolute Gasteiger partial charge is 0.293 e. The first kappa shape index (κ1) is 9.97. The van der Waals surface area contributed by atoms with Crippen LogP contribution in [0.4, 0.5) is 0 Å². The lowest BCUT2D eigenvalue weighted by Crippen LogP contribution is -2.26. The van der Waals surface area contributed by atoms with E-state index in [4.69, 9.17) is 4.55 Å². The van der Waals surface area contributed by atoms with Gasteiger partial charge in [-0.15, -0.1) is 0 Å². The number of nitrogens with two attached hydrogens (primary N) is 1. The van der Waals surface area contributed by atoms with Gasteiger partial charge in [0.1, 0.15) is 0 Å². The Hall–Kier alpha value is -0.0300. The first-order valence-electron chi connectivity index (χ1n) is 1.58. The Bertz CT molecular complexity index is 329. The van der Waals surface area contributed by atoms with Crippen molar-refractivity contribution in [3.8, 4) is 0 Å². The summed E-state index contributed by atoms with van der Waals surface area (Å²) in [5.41, 5.74) is 0. The maximum atomic E-state index is 10.1. The normalized spacial score (nSPS) is 16.6. The van der Waals surface area contributed by atoms with Crippen molar-refractivity contribution in [2.45, 2.75) is 0 Å². The largest absolute Gasteiger partial charge is 0.371 e. The summed E-state index contributed by atoms with van der Waals surface area (Å²) in [5, 5.41) is 4.05. The van der Waals surface area contributed by atoms with Crippen LogP contribution < -0.4 is 5.14 Å². The molecule has 0 amide bonds. The van der Waals surface area contributed by atoms with Gasteiger partial charge in [-0.2, -0.15) is 16.8 Å². The maximum Gasteiger partial charge on any atom is 0.371 e. The molecule has 0 aliphatic carbocycles. The summed E-state index contributed by atoms with van der Waals surface area (Å²) in [6, 6.07) is 0. The van der Waals surface area contributed by atoms with Gasteiger partial charge in [0.2, 0.25) is 0 Å². The second kappa shape index (κ2) is 2.54. The van der Waals surface area contributed by atoms with E-state index in [1.54, 1.807) is 0 Å². The standard InChI is InChI=1S/H3NO6S3/c1-9(4,5)10(6,7)8(2)3/h(H,2,3)(H2,1,4,5). The molecule has 62 valence electrons. The van der Waals surface area contributed by atoms with Gasteiger partial charge in [0, 0.05) is 0 Å². The lowest BCUT2D eigenvalue weighted by atomic mass is 14.0. The van der Waals surface area contributed by atoms with E-state index < -0.39 is 27.1 Å². The average molecular weight is 209 g/mol. The van der Waals surface area contributed by atoms with Crippen molar-refractivity contribution in [3.63, 3.8) is 0 Å². The molecule has 0 aliphatic rings. The molecule has 1 unspecified atom stereocenters. The van der Waals surface area contributed by atoms with E-state index in [-0.39, 0.29) is 0 Å². The van der Waals surface area contributed by atoms with E-state index in [1.165, 1.54) is 0 Å². The number of hydrogen-bond donors (Lipinski definition) is 2. The van der Waals surface area contributed by atoms with Crippen LogP contribution in [0, 0.1) is 0 Å². The monoisotopic (exact) mass is 209 g/mol. The van der Waals surface area contributed by atoms with E-state index >= 15 is 0 Å². The molecule has 0 fully saturated rings. The third-order valence-electron chi connectivity index (χ3n) is 0.459. The highest BCUT2D eigenvalue weighted by molar-refractivity contribution is 8.96. The van der Waals surface area contributed by atoms with Crippen LogP contribution in [0.25, 0.3) is 0 Å². The van der Waals surface area contributed by atoms with Crippen molar-refractivity contribution >= 4 is 27.1 Å². The quantitative estimate of drug-likeness (QED) is 0.389. The highest BCUT2D eigenvalue weighted by Crippen LogP contribution is 1.99. The van der Waals surface area contributed by atoms with Crippen molar-refractivity contribution in [2.24, 2.45) is 5.14 Å². The Morgan fingerprint density at radius 2 is 1.50 bits per heavy atom. The van der Waals surface area contributed by atoms with Gasteiger partial charge >= 0.3 is 17.0 Å². The SMILES string of the molecule is NS(=O)(=O)S(=O)(=O)S(=O)O. The van der Waals surface area contributed by atoms with Crippen molar-refractivity contribution < 1.29 is 25.6 Å². The molecule has 7 nitrogen and oxygen atoms in total. The molecule has 3 N–H and O–H groups in total. The van der Waals surface area contributed by atoms with Crippen molar-refractivity contribution in [1.82, 2.24) is 0 Å². The fourth-order valence-electron chi connectivity index (χ4n) is 0.0811. The minimum absolute atomic E-state index is 3.49. The van der Waals surface area contributed by atoms with Gasteiger partial charge in [-0.3, -0.25) is 4.55 Å². The molecule has 0 aliphatic heterocycles. The molecule has 0 saturated heterocycles. The molecule has 0 saturated carbocycles. The average Bonchev–Trinajstić information content (AvgIpc) is 1.62. The molecule has 0 bridgehead atoms. The van der Waals surface area contributed by atoms with Crippen LogP contribution in [0.1, 0.15) is 0 Å². The molecule has 10 heteroatoms. The Labute approximate surface area is 58.3 Å². The molecule has 0 heterocycles. The van der Waals surface area contributed by atoms with Crippen LogP contribution in [0.5, 0.6) is 0 Å². The lowest BCUT2D eigenvalue weighted by molar-refractivity contribution is 0.562. The topological polar surface area (TPSA) is 132 Å². The van der Waals surface area contributed by atoms with E-state index in [0.29, 0.717) is 0 Å². The second-order valence-electron chi connectivity index (χ2n) is 1.12. The van der Waals surface area contributed by atoms with Crippen molar-refractivity contribution in [2.75, 3.05) is 0 Å². The van der Waals surface area contributed by atoms with Crippen LogP contribution in [0.2, 0.25) is 0 Å². The predicted octanol–water partition coefficient (Wildman–Crippen LogP) is -2.26. The number of rotatable bonds is 2. The highest BCUT2D eigenvalue weighted by atomic mass is 33.6. The Morgan fingerprint density at radius 3 is 1.50 bits per heavy atom. The molecule has 0 aromatic rings. The van der Waals surface area contributed by atoms with E-state index in [9.17, 15) is 21.0 Å². The van der Waals surface area contributed by atoms with E-state index in [2.05, 4.69) is 5.14 Å². The van der Waals surface area contributed by atoms with Gasteiger partial charge in [-0.05, 0) is 0 Å². The zero-order chi connectivity index (χ0) is 8.58. The summed E-state index contributed by atoms with van der Waals surface area (Å²) in [6.07, 6.45) is 0. The summed E-state index contributed by atoms with van der Waals surface area (Å²) < 4.78 is 57.6. The van der Waals surface area contributed by atoms with Gasteiger partial charge < -0.3 is 0 Å². The third-order valence-corrected chi connectivity index (χ3v) is 6.89. The molecule has 0 aromatic carbocycles. The van der Waals surface area contributed by atoms with E-state index in [1.807, 2.05) is 0 Å². The molecular formula is H3NO6S3. The predicted molar refractivity (Wildman–Crippen MR) is 32.8 cm³/mol. The van der Waals surface area contributed by atoms with Gasteiger partial charge in [0.05, 0.1) is 0 Å². The Balaban J connectivity index is 5.43. The summed E-state index contributed by atoms with van der Waals surface area (Å²) in [6.45, 7) is 0. The van der Waals surface area contributed by atoms with Gasteiger partial charge in [0.15, 0.2) is 0 Å². The third kappa shape index (κ3) is 1.73. The molecule has 0 aromatic heterocycles. The minimum atomic E-state index is -5.14. The van der Waals surface area contributed by atoms with Crippen molar-refractivity contribution in [3.05, 3.63) is 0 Å². The van der Waals surface area contributed by atoms with Crippen LogP contribution in [-0.2, 0) is 27.1 Å². The van der Waals surface area contributed by atoms with Gasteiger partial charge in [-0.1, -0.05) is 0 Å². The molecular weight excluding hydrogens is 206 g/mol. The first-order valence-corrected chi connectivity index (χ1v) is 6.75. The minimum Gasteiger partial charge on any atom is -0.293 e. The molecule has 0 radical (unpaired) electrons. The maximum absolute atomic E-state index is 10.1. The Morgan fingerprint density at radius 1 is 1.20 bits per heavy atom. The summed E-state index contributed by atoms with van der Waals surface area (Å²) >= 11 is 0. The van der Waals surface area contributed by atoms with Crippen LogP contribution in [-0.4, -0.2) is 25.6 Å². The van der Waals surface area contributed by atoms with Crippen LogP contribution in [0.15, 0.2) is 0 Å². The lowest BCUT2D eigenvalue weighted by Gasteiger charge is -1.91. The Kier molecular flexibility index (Phi) is 2.53. The summed E-state index contributed by atoms with van der Waals surface area (Å²) in [4.78, 5) is 0. The van der Waals surface area contributed by atoms with Gasteiger partial charge in [0.25, 0.3) is 10.1 Å². The fourth-order valence-corrected chi connectivity index (χ4v) is 2.19.